The largest absolute Gasteiger partial charge is 0.480 e. The summed E-state index contributed by atoms with van der Waals surface area (Å²) in [6.07, 6.45) is 3.70. The first-order valence-corrected chi connectivity index (χ1v) is 6.09. The van der Waals surface area contributed by atoms with E-state index < -0.39 is 12.0 Å². The van der Waals surface area contributed by atoms with Crippen molar-refractivity contribution < 1.29 is 9.90 Å². The van der Waals surface area contributed by atoms with Crippen LogP contribution in [-0.4, -0.2) is 21.7 Å². The third kappa shape index (κ3) is 1.39. The number of rotatable bonds is 3. The summed E-state index contributed by atoms with van der Waals surface area (Å²) in [5.74, 6) is -0.918. The van der Waals surface area contributed by atoms with Crippen molar-refractivity contribution in [3.05, 3.63) is 36.0 Å². The molecule has 0 saturated heterocycles. The number of carbonyl (C=O) groups is 1. The molecule has 0 spiro atoms. The van der Waals surface area contributed by atoms with E-state index in [0.29, 0.717) is 0 Å². The molecule has 2 aromatic rings. The van der Waals surface area contributed by atoms with Crippen molar-refractivity contribution in [1.29, 1.82) is 0 Å². The van der Waals surface area contributed by atoms with Crippen LogP contribution in [0.25, 0.3) is 10.9 Å². The van der Waals surface area contributed by atoms with Gasteiger partial charge in [0.05, 0.1) is 5.52 Å². The zero-order chi connectivity index (χ0) is 12.9. The first-order chi connectivity index (χ1) is 8.56. The minimum absolute atomic E-state index is 0.378. The summed E-state index contributed by atoms with van der Waals surface area (Å²) in [6, 6.07) is 7.25. The minimum Gasteiger partial charge on any atom is -0.480 e. The molecule has 0 amide bonds. The van der Waals surface area contributed by atoms with E-state index in [-0.39, 0.29) is 5.41 Å². The molecule has 94 valence electrons. The van der Waals surface area contributed by atoms with Crippen molar-refractivity contribution >= 4 is 16.9 Å². The van der Waals surface area contributed by atoms with Gasteiger partial charge in [0.1, 0.15) is 6.04 Å². The van der Waals surface area contributed by atoms with Gasteiger partial charge < -0.3 is 15.4 Å². The maximum absolute atomic E-state index is 11.2. The lowest BCUT2D eigenvalue weighted by Crippen LogP contribution is -2.42. The van der Waals surface area contributed by atoms with Gasteiger partial charge in [0.25, 0.3) is 0 Å². The van der Waals surface area contributed by atoms with Gasteiger partial charge in [-0.25, -0.2) is 0 Å². The summed E-state index contributed by atoms with van der Waals surface area (Å²) < 4.78 is 2.04. The fraction of sp³-hybridized carbons (Fsp3) is 0.357. The zero-order valence-corrected chi connectivity index (χ0v) is 10.3. The third-order valence-corrected chi connectivity index (χ3v) is 4.08. The highest BCUT2D eigenvalue weighted by atomic mass is 16.4. The number of benzene rings is 1. The second-order valence-corrected chi connectivity index (χ2v) is 5.14. The molecule has 3 N–H and O–H groups in total. The van der Waals surface area contributed by atoms with E-state index >= 15 is 0 Å². The highest BCUT2D eigenvalue weighted by Gasteiger charge is 2.53. The molecule has 1 fully saturated rings. The molecule has 0 radical (unpaired) electrons. The summed E-state index contributed by atoms with van der Waals surface area (Å²) in [7, 11) is 1.98. The standard InChI is InChI=1S/C14H16N2O2/c1-16-8-5-9-3-2-4-10(11(9)16)14(6-7-14)12(15)13(17)18/h2-5,8,12H,6-7,15H2,1H3,(H,17,18). The highest BCUT2D eigenvalue weighted by Crippen LogP contribution is 2.52. The SMILES string of the molecule is Cn1ccc2cccc(C3(C(N)C(=O)O)CC3)c21. The monoisotopic (exact) mass is 244 g/mol. The average molecular weight is 244 g/mol. The number of carboxylic acids is 1. The molecular formula is C14H16N2O2. The Bertz CT molecular complexity index is 626. The summed E-state index contributed by atoms with van der Waals surface area (Å²) in [6.45, 7) is 0. The van der Waals surface area contributed by atoms with Gasteiger partial charge in [-0.1, -0.05) is 18.2 Å². The first kappa shape index (κ1) is 11.3. The van der Waals surface area contributed by atoms with Gasteiger partial charge >= 0.3 is 5.97 Å². The lowest BCUT2D eigenvalue weighted by atomic mass is 9.87. The number of fused-ring (bicyclic) bond motifs is 1. The van der Waals surface area contributed by atoms with Gasteiger partial charge in [-0.15, -0.1) is 0 Å². The number of aliphatic carboxylic acids is 1. The summed E-state index contributed by atoms with van der Waals surface area (Å²) in [4.78, 5) is 11.2. The van der Waals surface area contributed by atoms with Gasteiger partial charge in [0, 0.05) is 18.7 Å². The third-order valence-electron chi connectivity index (χ3n) is 4.08. The van der Waals surface area contributed by atoms with E-state index in [1.807, 2.05) is 42.1 Å². The number of para-hydroxylation sites is 1. The van der Waals surface area contributed by atoms with Crippen LogP contribution in [0.3, 0.4) is 0 Å². The van der Waals surface area contributed by atoms with Crippen LogP contribution in [0.4, 0.5) is 0 Å². The van der Waals surface area contributed by atoms with Crippen LogP contribution in [0.15, 0.2) is 30.5 Å². The van der Waals surface area contributed by atoms with Gasteiger partial charge in [0.2, 0.25) is 0 Å². The Morgan fingerprint density at radius 2 is 2.17 bits per heavy atom. The van der Waals surface area contributed by atoms with Crippen LogP contribution < -0.4 is 5.73 Å². The molecule has 1 unspecified atom stereocenters. The molecule has 0 aliphatic heterocycles. The van der Waals surface area contributed by atoms with Crippen molar-refractivity contribution in [3.63, 3.8) is 0 Å². The van der Waals surface area contributed by atoms with Gasteiger partial charge in [0.15, 0.2) is 0 Å². The number of carboxylic acid groups (broad SMARTS) is 1. The van der Waals surface area contributed by atoms with Crippen molar-refractivity contribution in [2.45, 2.75) is 24.3 Å². The summed E-state index contributed by atoms with van der Waals surface area (Å²) in [5.41, 5.74) is 7.69. The molecule has 1 aliphatic rings. The Morgan fingerprint density at radius 1 is 1.44 bits per heavy atom. The molecule has 1 aliphatic carbocycles. The summed E-state index contributed by atoms with van der Waals surface area (Å²) in [5, 5.41) is 10.3. The Balaban J connectivity index is 2.21. The van der Waals surface area contributed by atoms with E-state index in [1.54, 1.807) is 0 Å². The molecule has 1 aromatic heterocycles. The number of hydrogen-bond donors (Lipinski definition) is 2. The molecule has 1 heterocycles. The lowest BCUT2D eigenvalue weighted by molar-refractivity contribution is -0.139. The maximum atomic E-state index is 11.2. The second-order valence-electron chi connectivity index (χ2n) is 5.14. The van der Waals surface area contributed by atoms with Gasteiger partial charge in [-0.2, -0.15) is 0 Å². The summed E-state index contributed by atoms with van der Waals surface area (Å²) >= 11 is 0. The van der Waals surface area contributed by atoms with Crippen molar-refractivity contribution in [2.24, 2.45) is 12.8 Å². The highest BCUT2D eigenvalue weighted by molar-refractivity contribution is 5.87. The predicted octanol–water partition coefficient (Wildman–Crippen LogP) is 1.62. The number of aryl methyl sites for hydroxylation is 1. The molecule has 18 heavy (non-hydrogen) atoms. The first-order valence-electron chi connectivity index (χ1n) is 6.09. The topological polar surface area (TPSA) is 68.2 Å². The minimum atomic E-state index is -0.918. The maximum Gasteiger partial charge on any atom is 0.321 e. The molecule has 0 bridgehead atoms. The lowest BCUT2D eigenvalue weighted by Gasteiger charge is -2.21. The van der Waals surface area contributed by atoms with Crippen molar-refractivity contribution in [3.8, 4) is 0 Å². The second kappa shape index (κ2) is 3.59. The van der Waals surface area contributed by atoms with E-state index in [9.17, 15) is 9.90 Å². The van der Waals surface area contributed by atoms with Crippen LogP contribution in [0.2, 0.25) is 0 Å². The quantitative estimate of drug-likeness (QED) is 0.862. The van der Waals surface area contributed by atoms with Gasteiger partial charge in [-0.05, 0) is 29.9 Å². The van der Waals surface area contributed by atoms with Crippen LogP contribution in [0, 0.1) is 0 Å². The number of aromatic nitrogens is 1. The molecule has 1 aromatic carbocycles. The van der Waals surface area contributed by atoms with Crippen LogP contribution >= 0.6 is 0 Å². The van der Waals surface area contributed by atoms with Crippen LogP contribution in [0.5, 0.6) is 0 Å². The van der Waals surface area contributed by atoms with E-state index in [1.165, 1.54) is 0 Å². The molecule has 3 rings (SSSR count). The number of hydrogen-bond acceptors (Lipinski definition) is 2. The predicted molar refractivity (Wildman–Crippen MR) is 69.4 cm³/mol. The van der Waals surface area contributed by atoms with Crippen molar-refractivity contribution in [2.75, 3.05) is 0 Å². The Morgan fingerprint density at radius 3 is 2.78 bits per heavy atom. The number of nitrogens with two attached hydrogens (primary N) is 1. The van der Waals surface area contributed by atoms with Crippen LogP contribution in [-0.2, 0) is 17.3 Å². The molecular weight excluding hydrogens is 228 g/mol. The molecule has 1 saturated carbocycles. The fourth-order valence-electron chi connectivity index (χ4n) is 2.88. The van der Waals surface area contributed by atoms with E-state index in [0.717, 1.165) is 29.3 Å². The number of nitrogens with zero attached hydrogens (tertiary/aromatic N) is 1. The van der Waals surface area contributed by atoms with Crippen LogP contribution in [0.1, 0.15) is 18.4 Å². The molecule has 4 nitrogen and oxygen atoms in total. The Hall–Kier alpha value is -1.81. The van der Waals surface area contributed by atoms with E-state index in [2.05, 4.69) is 0 Å². The Labute approximate surface area is 105 Å². The van der Waals surface area contributed by atoms with Gasteiger partial charge in [-0.3, -0.25) is 4.79 Å². The van der Waals surface area contributed by atoms with E-state index in [4.69, 9.17) is 5.73 Å². The normalized spacial score (nSPS) is 18.8. The Kier molecular flexibility index (Phi) is 2.25. The fourth-order valence-corrected chi connectivity index (χ4v) is 2.88. The van der Waals surface area contributed by atoms with Crippen molar-refractivity contribution in [1.82, 2.24) is 4.57 Å². The smallest absolute Gasteiger partial charge is 0.321 e. The average Bonchev–Trinajstić information content (AvgIpc) is 3.08. The molecule has 4 heteroatoms. The zero-order valence-electron chi connectivity index (χ0n) is 10.3. The molecule has 1 atom stereocenters.